The predicted molar refractivity (Wildman–Crippen MR) is 102 cm³/mol. The lowest BCUT2D eigenvalue weighted by molar-refractivity contribution is -0.385. The lowest BCUT2D eigenvalue weighted by Crippen LogP contribution is -2.34. The van der Waals surface area contributed by atoms with Crippen LogP contribution in [-0.4, -0.2) is 54.1 Å². The Kier molecular flexibility index (Phi) is 6.42. The number of amides is 1. The Morgan fingerprint density at radius 2 is 2.29 bits per heavy atom. The quantitative estimate of drug-likeness (QED) is 0.489. The predicted octanol–water partition coefficient (Wildman–Crippen LogP) is 2.89. The van der Waals surface area contributed by atoms with Crippen LogP contribution in [-0.2, 0) is 11.3 Å². The van der Waals surface area contributed by atoms with Crippen molar-refractivity contribution in [2.24, 2.45) is 0 Å². The normalized spacial score (nSPS) is 16.0. The summed E-state index contributed by atoms with van der Waals surface area (Å²) in [5.74, 6) is -0.0400. The zero-order chi connectivity index (χ0) is 20.1. The summed E-state index contributed by atoms with van der Waals surface area (Å²) < 4.78 is 16.5. The molecular weight excluding hydrogens is 386 g/mol. The van der Waals surface area contributed by atoms with Gasteiger partial charge in [-0.2, -0.15) is 0 Å². The molecule has 10 heteroatoms. The molecule has 0 saturated carbocycles. The van der Waals surface area contributed by atoms with Gasteiger partial charge in [0.25, 0.3) is 11.6 Å². The first-order valence-electron chi connectivity index (χ1n) is 8.73. The molecule has 0 spiro atoms. The van der Waals surface area contributed by atoms with E-state index in [9.17, 15) is 14.9 Å². The van der Waals surface area contributed by atoms with Crippen molar-refractivity contribution in [3.63, 3.8) is 0 Å². The largest absolute Gasteiger partial charge is 0.493 e. The van der Waals surface area contributed by atoms with Gasteiger partial charge in [-0.3, -0.25) is 14.9 Å². The summed E-state index contributed by atoms with van der Waals surface area (Å²) >= 11 is 1.42. The van der Waals surface area contributed by atoms with Gasteiger partial charge in [0.1, 0.15) is 12.2 Å². The summed E-state index contributed by atoms with van der Waals surface area (Å²) in [6, 6.07) is 2.57. The Hall–Kier alpha value is -2.72. The molecule has 1 saturated heterocycles. The molecule has 2 aromatic rings. The van der Waals surface area contributed by atoms with Crippen LogP contribution < -0.4 is 9.47 Å². The number of rotatable bonds is 8. The molecule has 0 N–H and O–H groups in total. The lowest BCUT2D eigenvalue weighted by Gasteiger charge is -2.21. The third kappa shape index (κ3) is 4.57. The van der Waals surface area contributed by atoms with Crippen molar-refractivity contribution in [2.75, 3.05) is 27.3 Å². The van der Waals surface area contributed by atoms with Crippen LogP contribution in [0.3, 0.4) is 0 Å². The molecule has 2 heterocycles. The van der Waals surface area contributed by atoms with Crippen LogP contribution in [0.4, 0.5) is 5.69 Å². The highest BCUT2D eigenvalue weighted by Gasteiger charge is 2.28. The highest BCUT2D eigenvalue weighted by Crippen LogP contribution is 2.36. The number of benzene rings is 1. The minimum atomic E-state index is -0.595. The second-order valence-corrected chi connectivity index (χ2v) is 7.09. The van der Waals surface area contributed by atoms with Crippen LogP contribution in [0.2, 0.25) is 0 Å². The summed E-state index contributed by atoms with van der Waals surface area (Å²) in [7, 11) is 3.02. The zero-order valence-electron chi connectivity index (χ0n) is 15.6. The first-order chi connectivity index (χ1) is 13.5. The molecular formula is C18H21N3O6S. The van der Waals surface area contributed by atoms with Crippen molar-refractivity contribution < 1.29 is 23.9 Å². The maximum atomic E-state index is 12.8. The second kappa shape index (κ2) is 8.98. The molecule has 1 fully saturated rings. The van der Waals surface area contributed by atoms with Gasteiger partial charge >= 0.3 is 0 Å². The first kappa shape index (κ1) is 20.0. The van der Waals surface area contributed by atoms with Gasteiger partial charge in [-0.1, -0.05) is 0 Å². The lowest BCUT2D eigenvalue weighted by atomic mass is 10.1. The Labute approximate surface area is 166 Å². The van der Waals surface area contributed by atoms with Gasteiger partial charge in [0.05, 0.1) is 35.4 Å². The summed E-state index contributed by atoms with van der Waals surface area (Å²) in [6.07, 6.45) is 1.77. The number of ether oxygens (including phenoxy) is 3. The third-order valence-corrected chi connectivity index (χ3v) is 5.05. The fourth-order valence-electron chi connectivity index (χ4n) is 2.99. The number of aromatic nitrogens is 1. The molecule has 3 rings (SSSR count). The van der Waals surface area contributed by atoms with Crippen LogP contribution in [0.1, 0.15) is 28.9 Å². The molecule has 1 unspecified atom stereocenters. The van der Waals surface area contributed by atoms with Crippen LogP contribution in [0.25, 0.3) is 0 Å². The van der Waals surface area contributed by atoms with Gasteiger partial charge in [0.2, 0.25) is 0 Å². The van der Waals surface area contributed by atoms with Crippen molar-refractivity contribution in [3.05, 3.63) is 44.4 Å². The van der Waals surface area contributed by atoms with Crippen LogP contribution in [0.5, 0.6) is 11.5 Å². The van der Waals surface area contributed by atoms with Crippen molar-refractivity contribution in [1.29, 1.82) is 0 Å². The topological polar surface area (TPSA) is 104 Å². The van der Waals surface area contributed by atoms with E-state index < -0.39 is 10.8 Å². The molecule has 1 atom stereocenters. The molecule has 0 aliphatic carbocycles. The van der Waals surface area contributed by atoms with E-state index in [1.165, 1.54) is 35.5 Å². The Morgan fingerprint density at radius 3 is 2.89 bits per heavy atom. The number of thiazole rings is 1. The molecule has 150 valence electrons. The second-order valence-electron chi connectivity index (χ2n) is 6.37. The fraction of sp³-hybridized carbons (Fsp3) is 0.444. The number of nitro benzene ring substituents is 1. The number of nitro groups is 1. The minimum Gasteiger partial charge on any atom is -0.493 e. The molecule has 0 bridgehead atoms. The molecule has 1 aliphatic heterocycles. The molecule has 1 aromatic carbocycles. The fourth-order valence-corrected chi connectivity index (χ4v) is 3.53. The number of hydrogen-bond donors (Lipinski definition) is 0. The van der Waals surface area contributed by atoms with Crippen molar-refractivity contribution >= 4 is 22.9 Å². The average molecular weight is 407 g/mol. The summed E-state index contributed by atoms with van der Waals surface area (Å²) in [4.78, 5) is 29.4. The highest BCUT2D eigenvalue weighted by molar-refractivity contribution is 7.07. The highest BCUT2D eigenvalue weighted by atomic mass is 32.1. The van der Waals surface area contributed by atoms with Gasteiger partial charge in [-0.25, -0.2) is 4.98 Å². The number of likely N-dealkylation sites (N-methyl/N-ethyl adjacent to an activating group) is 1. The van der Waals surface area contributed by atoms with Gasteiger partial charge in [-0.05, 0) is 12.8 Å². The van der Waals surface area contributed by atoms with E-state index in [0.717, 1.165) is 12.8 Å². The Bertz CT molecular complexity index is 836. The molecule has 1 amide bonds. The Morgan fingerprint density at radius 1 is 1.46 bits per heavy atom. The van der Waals surface area contributed by atoms with Crippen molar-refractivity contribution in [3.8, 4) is 11.5 Å². The number of carbonyl (C=O) groups is 1. The molecule has 1 aromatic heterocycles. The van der Waals surface area contributed by atoms with Gasteiger partial charge in [0.15, 0.2) is 11.5 Å². The van der Waals surface area contributed by atoms with Crippen LogP contribution >= 0.6 is 11.3 Å². The zero-order valence-corrected chi connectivity index (χ0v) is 16.4. The average Bonchev–Trinajstić information content (AvgIpc) is 3.38. The smallest absolute Gasteiger partial charge is 0.286 e. The number of hydrogen-bond acceptors (Lipinski definition) is 8. The standard InChI is InChI=1S/C18H21N3O6S/c1-20(8-13-4-3-5-26-13)18(22)14-6-16(25-2)17(7-15(14)21(23)24)27-9-12-10-28-11-19-12/h6-7,10-11,13H,3-5,8-9H2,1-2H3. The van der Waals surface area contributed by atoms with E-state index in [1.807, 2.05) is 5.38 Å². The third-order valence-electron chi connectivity index (χ3n) is 4.42. The minimum absolute atomic E-state index is 0.0457. The molecule has 0 radical (unpaired) electrons. The van der Waals surface area contributed by atoms with Gasteiger partial charge < -0.3 is 19.1 Å². The number of methoxy groups -OCH3 is 1. The monoisotopic (exact) mass is 407 g/mol. The molecule has 28 heavy (non-hydrogen) atoms. The van der Waals surface area contributed by atoms with E-state index in [-0.39, 0.29) is 35.5 Å². The number of carbonyl (C=O) groups excluding carboxylic acids is 1. The maximum absolute atomic E-state index is 12.8. The SMILES string of the molecule is COc1cc(C(=O)N(C)CC2CCCO2)c([N+](=O)[O-])cc1OCc1cscn1. The van der Waals surface area contributed by atoms with Crippen molar-refractivity contribution in [2.45, 2.75) is 25.6 Å². The van der Waals surface area contributed by atoms with E-state index in [0.29, 0.717) is 18.8 Å². The summed E-state index contributed by atoms with van der Waals surface area (Å²) in [5.41, 5.74) is 1.98. The molecule has 1 aliphatic rings. The van der Waals surface area contributed by atoms with E-state index in [2.05, 4.69) is 4.98 Å². The van der Waals surface area contributed by atoms with E-state index in [4.69, 9.17) is 14.2 Å². The van der Waals surface area contributed by atoms with Gasteiger partial charge in [0, 0.05) is 31.6 Å². The van der Waals surface area contributed by atoms with Crippen LogP contribution in [0.15, 0.2) is 23.0 Å². The maximum Gasteiger partial charge on any atom is 0.286 e. The van der Waals surface area contributed by atoms with Crippen LogP contribution in [0, 0.1) is 10.1 Å². The summed E-state index contributed by atoms with van der Waals surface area (Å²) in [6.45, 7) is 1.19. The first-order valence-corrected chi connectivity index (χ1v) is 9.67. The Balaban J connectivity index is 1.84. The molecule has 9 nitrogen and oxygen atoms in total. The van der Waals surface area contributed by atoms with Gasteiger partial charge in [-0.15, -0.1) is 11.3 Å². The van der Waals surface area contributed by atoms with E-state index >= 15 is 0 Å². The van der Waals surface area contributed by atoms with E-state index in [1.54, 1.807) is 12.6 Å². The van der Waals surface area contributed by atoms with Crippen molar-refractivity contribution in [1.82, 2.24) is 9.88 Å². The summed E-state index contributed by atoms with van der Waals surface area (Å²) in [5, 5.41) is 13.4. The number of nitrogens with zero attached hydrogens (tertiary/aromatic N) is 3.